The normalized spacial score (nSPS) is 12.1. The van der Waals surface area contributed by atoms with Crippen LogP contribution in [0.3, 0.4) is 0 Å². The summed E-state index contributed by atoms with van der Waals surface area (Å²) in [5.74, 6) is -1.73. The molecular formula is C9H10ClFN2O6S2. The second-order valence-corrected chi connectivity index (χ2v) is 8.29. The maximum absolute atomic E-state index is 13.6. The number of hydrogen-bond acceptors (Lipinski definition) is 6. The zero-order valence-electron chi connectivity index (χ0n) is 10.5. The summed E-state index contributed by atoms with van der Waals surface area (Å²) in [5, 5.41) is 10.9. The number of halogens is 2. The summed E-state index contributed by atoms with van der Waals surface area (Å²) < 4.78 is 60.8. The molecule has 0 bridgehead atoms. The van der Waals surface area contributed by atoms with Gasteiger partial charge in [-0.3, -0.25) is 14.8 Å². The molecule has 0 unspecified atom stereocenters. The van der Waals surface area contributed by atoms with Gasteiger partial charge in [-0.05, 0) is 6.42 Å². The van der Waals surface area contributed by atoms with Crippen LogP contribution in [0.2, 0.25) is 0 Å². The molecule has 12 heteroatoms. The van der Waals surface area contributed by atoms with Crippen molar-refractivity contribution in [1.29, 1.82) is 0 Å². The molecule has 1 aromatic rings. The van der Waals surface area contributed by atoms with E-state index in [9.17, 15) is 31.3 Å². The predicted molar refractivity (Wildman–Crippen MR) is 73.8 cm³/mol. The fraction of sp³-hybridized carbons (Fsp3) is 0.333. The van der Waals surface area contributed by atoms with E-state index in [1.165, 1.54) is 0 Å². The molecule has 0 aliphatic heterocycles. The Balaban J connectivity index is 3.48. The van der Waals surface area contributed by atoms with Gasteiger partial charge in [0.1, 0.15) is 16.4 Å². The smallest absolute Gasteiger partial charge is 0.277 e. The van der Waals surface area contributed by atoms with Crippen molar-refractivity contribution < 1.29 is 26.1 Å². The molecule has 21 heavy (non-hydrogen) atoms. The van der Waals surface area contributed by atoms with E-state index in [4.69, 9.17) is 10.7 Å². The van der Waals surface area contributed by atoms with Gasteiger partial charge in [-0.15, -0.1) is 0 Å². The van der Waals surface area contributed by atoms with Crippen LogP contribution in [0.4, 0.5) is 15.8 Å². The lowest BCUT2D eigenvalue weighted by atomic mass is 10.2. The van der Waals surface area contributed by atoms with E-state index in [0.717, 1.165) is 0 Å². The second kappa shape index (κ2) is 6.12. The molecule has 0 saturated carbocycles. The Labute approximate surface area is 124 Å². The van der Waals surface area contributed by atoms with E-state index in [1.54, 1.807) is 6.92 Å². The minimum Gasteiger partial charge on any atom is -0.277 e. The Bertz CT molecular complexity index is 778. The average molecular weight is 361 g/mol. The molecule has 0 saturated heterocycles. The first-order valence-corrected chi connectivity index (χ1v) is 9.37. The summed E-state index contributed by atoms with van der Waals surface area (Å²) in [6.45, 7) is 1.57. The SMILES string of the molecule is CCCS(=O)(=O)Nc1cc(F)c(S(=O)(=O)Cl)cc1[N+](=O)[O-]. The summed E-state index contributed by atoms with van der Waals surface area (Å²) in [6.07, 6.45) is 0.236. The summed E-state index contributed by atoms with van der Waals surface area (Å²) in [4.78, 5) is 8.72. The Morgan fingerprint density at radius 2 is 1.90 bits per heavy atom. The van der Waals surface area contributed by atoms with Crippen LogP contribution in [0.5, 0.6) is 0 Å². The van der Waals surface area contributed by atoms with Crippen LogP contribution < -0.4 is 4.72 Å². The third-order valence-corrected chi connectivity index (χ3v) is 5.06. The maximum Gasteiger partial charge on any atom is 0.294 e. The van der Waals surface area contributed by atoms with E-state index in [-0.39, 0.29) is 12.2 Å². The van der Waals surface area contributed by atoms with Gasteiger partial charge in [0.25, 0.3) is 14.7 Å². The Morgan fingerprint density at radius 1 is 1.33 bits per heavy atom. The van der Waals surface area contributed by atoms with Gasteiger partial charge in [0, 0.05) is 22.8 Å². The minimum atomic E-state index is -4.54. The van der Waals surface area contributed by atoms with Crippen molar-refractivity contribution >= 4 is 41.1 Å². The van der Waals surface area contributed by atoms with Crippen molar-refractivity contribution in [3.05, 3.63) is 28.1 Å². The molecule has 8 nitrogen and oxygen atoms in total. The van der Waals surface area contributed by atoms with Crippen LogP contribution in [0, 0.1) is 15.9 Å². The summed E-state index contributed by atoms with van der Waals surface area (Å²) in [5.41, 5.74) is -1.59. The van der Waals surface area contributed by atoms with Crippen LogP contribution in [-0.4, -0.2) is 27.5 Å². The molecule has 0 amide bonds. The standard InChI is InChI=1S/C9H10ClFN2O6S2/c1-2-3-20(16,17)12-7-4-6(11)9(21(10,18)19)5-8(7)13(14)15/h4-5,12H,2-3H2,1H3. The Hall–Kier alpha value is -1.46. The number of sulfonamides is 1. The fourth-order valence-electron chi connectivity index (χ4n) is 1.45. The molecule has 1 aromatic carbocycles. The lowest BCUT2D eigenvalue weighted by Gasteiger charge is -2.09. The van der Waals surface area contributed by atoms with Crippen molar-refractivity contribution in [2.45, 2.75) is 18.2 Å². The summed E-state index contributed by atoms with van der Waals surface area (Å²) in [7, 11) is -3.51. The molecule has 1 rings (SSSR count). The van der Waals surface area contributed by atoms with Gasteiger partial charge >= 0.3 is 0 Å². The number of anilines is 1. The van der Waals surface area contributed by atoms with Crippen LogP contribution >= 0.6 is 10.7 Å². The highest BCUT2D eigenvalue weighted by molar-refractivity contribution is 8.13. The van der Waals surface area contributed by atoms with Gasteiger partial charge < -0.3 is 0 Å². The highest BCUT2D eigenvalue weighted by Crippen LogP contribution is 2.32. The monoisotopic (exact) mass is 360 g/mol. The number of nitro groups is 1. The molecule has 118 valence electrons. The van der Waals surface area contributed by atoms with Crippen molar-refractivity contribution in [2.24, 2.45) is 0 Å². The van der Waals surface area contributed by atoms with Crippen molar-refractivity contribution in [3.63, 3.8) is 0 Å². The Kier molecular flexibility index (Phi) is 5.12. The highest BCUT2D eigenvalue weighted by atomic mass is 35.7. The Morgan fingerprint density at radius 3 is 2.33 bits per heavy atom. The average Bonchev–Trinajstić information content (AvgIpc) is 2.25. The van der Waals surface area contributed by atoms with Gasteiger partial charge in [-0.1, -0.05) is 6.92 Å². The first-order chi connectivity index (χ1) is 9.48. The maximum atomic E-state index is 13.6. The molecule has 0 aliphatic rings. The van der Waals surface area contributed by atoms with Crippen molar-refractivity contribution in [2.75, 3.05) is 10.5 Å². The van der Waals surface area contributed by atoms with E-state index >= 15 is 0 Å². The van der Waals surface area contributed by atoms with Crippen molar-refractivity contribution in [3.8, 4) is 0 Å². The molecule has 0 spiro atoms. The minimum absolute atomic E-state index is 0.236. The second-order valence-electron chi connectivity index (χ2n) is 3.92. The predicted octanol–water partition coefficient (Wildman–Crippen LogP) is 1.81. The van der Waals surface area contributed by atoms with E-state index in [1.807, 2.05) is 4.72 Å². The number of benzene rings is 1. The molecule has 1 N–H and O–H groups in total. The molecule has 0 heterocycles. The molecule has 0 aromatic heterocycles. The quantitative estimate of drug-likeness (QED) is 0.468. The first kappa shape index (κ1) is 17.6. The van der Waals surface area contributed by atoms with Crippen LogP contribution in [0.1, 0.15) is 13.3 Å². The van der Waals surface area contributed by atoms with Crippen molar-refractivity contribution in [1.82, 2.24) is 0 Å². The third kappa shape index (κ3) is 4.51. The molecular weight excluding hydrogens is 351 g/mol. The summed E-state index contributed by atoms with van der Waals surface area (Å²) in [6, 6.07) is 0.766. The molecule has 0 atom stereocenters. The topological polar surface area (TPSA) is 123 Å². The van der Waals surface area contributed by atoms with E-state index < -0.39 is 46.1 Å². The van der Waals surface area contributed by atoms with Gasteiger partial charge in [0.2, 0.25) is 10.0 Å². The molecule has 0 aliphatic carbocycles. The van der Waals surface area contributed by atoms with Crippen LogP contribution in [-0.2, 0) is 19.1 Å². The number of nitrogens with zero attached hydrogens (tertiary/aromatic N) is 1. The molecule has 0 fully saturated rings. The van der Waals surface area contributed by atoms with Gasteiger partial charge in [0.15, 0.2) is 0 Å². The first-order valence-electron chi connectivity index (χ1n) is 5.41. The summed E-state index contributed by atoms with van der Waals surface area (Å²) >= 11 is 0. The number of nitro benzene ring substituents is 1. The molecule has 0 radical (unpaired) electrons. The zero-order chi connectivity index (χ0) is 16.4. The lowest BCUT2D eigenvalue weighted by molar-refractivity contribution is -0.384. The van der Waals surface area contributed by atoms with Crippen LogP contribution in [0.25, 0.3) is 0 Å². The number of hydrogen-bond donors (Lipinski definition) is 1. The van der Waals surface area contributed by atoms with Gasteiger partial charge in [0.05, 0.1) is 10.7 Å². The lowest BCUT2D eigenvalue weighted by Crippen LogP contribution is -2.17. The van der Waals surface area contributed by atoms with Crippen LogP contribution in [0.15, 0.2) is 17.0 Å². The number of rotatable bonds is 6. The highest BCUT2D eigenvalue weighted by Gasteiger charge is 2.26. The van der Waals surface area contributed by atoms with Gasteiger partial charge in [-0.25, -0.2) is 21.2 Å². The number of nitrogens with one attached hydrogen (secondary N) is 1. The largest absolute Gasteiger partial charge is 0.294 e. The third-order valence-electron chi connectivity index (χ3n) is 2.25. The fourth-order valence-corrected chi connectivity index (χ4v) is 3.49. The van der Waals surface area contributed by atoms with E-state index in [2.05, 4.69) is 0 Å². The van der Waals surface area contributed by atoms with E-state index in [0.29, 0.717) is 12.1 Å². The van der Waals surface area contributed by atoms with Gasteiger partial charge in [-0.2, -0.15) is 0 Å². The zero-order valence-corrected chi connectivity index (χ0v) is 12.9.